The Kier molecular flexibility index (Phi) is 3.31. The van der Waals surface area contributed by atoms with Crippen LogP contribution in [-0.2, 0) is 19.2 Å². The van der Waals surface area contributed by atoms with Gasteiger partial charge in [-0.05, 0) is 12.8 Å². The molecule has 0 radical (unpaired) electrons. The number of nitrogens with zero attached hydrogens (tertiary/aromatic N) is 1. The van der Waals surface area contributed by atoms with Crippen molar-refractivity contribution in [3.05, 3.63) is 0 Å². The van der Waals surface area contributed by atoms with Crippen LogP contribution in [0.4, 0.5) is 0 Å². The molecule has 0 aromatic rings. The maximum absolute atomic E-state index is 12.2. The molecule has 2 N–H and O–H groups in total. The van der Waals surface area contributed by atoms with Gasteiger partial charge in [-0.1, -0.05) is 6.92 Å². The van der Waals surface area contributed by atoms with Gasteiger partial charge in [-0.25, -0.2) is 0 Å². The van der Waals surface area contributed by atoms with Crippen LogP contribution >= 0.6 is 0 Å². The maximum atomic E-state index is 12.2. The van der Waals surface area contributed by atoms with E-state index in [9.17, 15) is 19.2 Å². The molecule has 2 aliphatic rings. The predicted molar refractivity (Wildman–Crippen MR) is 60.1 cm³/mol. The number of amides is 4. The van der Waals surface area contributed by atoms with Crippen LogP contribution < -0.4 is 10.6 Å². The van der Waals surface area contributed by atoms with Gasteiger partial charge in [-0.3, -0.25) is 24.5 Å². The van der Waals surface area contributed by atoms with Gasteiger partial charge in [0.1, 0.15) is 18.6 Å². The first kappa shape index (κ1) is 12.5. The third-order valence-corrected chi connectivity index (χ3v) is 3.22. The van der Waals surface area contributed by atoms with Crippen molar-refractivity contribution < 1.29 is 19.2 Å². The molecule has 2 heterocycles. The topological polar surface area (TPSA) is 95.6 Å². The molecule has 2 fully saturated rings. The van der Waals surface area contributed by atoms with Gasteiger partial charge in [0.25, 0.3) is 0 Å². The number of hydrogen-bond donors (Lipinski definition) is 2. The van der Waals surface area contributed by atoms with E-state index in [0.29, 0.717) is 19.3 Å². The zero-order valence-electron chi connectivity index (χ0n) is 10.1. The van der Waals surface area contributed by atoms with Crippen LogP contribution in [0.3, 0.4) is 0 Å². The lowest BCUT2D eigenvalue weighted by molar-refractivity contribution is -0.151. The Labute approximate surface area is 104 Å². The van der Waals surface area contributed by atoms with Crippen LogP contribution in [-0.4, -0.2) is 47.2 Å². The molecule has 0 aromatic carbocycles. The average molecular weight is 253 g/mol. The summed E-state index contributed by atoms with van der Waals surface area (Å²) in [7, 11) is 0. The smallest absolute Gasteiger partial charge is 0.249 e. The summed E-state index contributed by atoms with van der Waals surface area (Å²) in [4.78, 5) is 47.5. The van der Waals surface area contributed by atoms with Gasteiger partial charge in [0, 0.05) is 6.42 Å². The Morgan fingerprint density at radius 2 is 2.06 bits per heavy atom. The van der Waals surface area contributed by atoms with E-state index >= 15 is 0 Å². The largest absolute Gasteiger partial charge is 0.344 e. The summed E-state index contributed by atoms with van der Waals surface area (Å²) >= 11 is 0. The van der Waals surface area contributed by atoms with Gasteiger partial charge in [0.05, 0.1) is 0 Å². The first-order valence-electron chi connectivity index (χ1n) is 5.96. The van der Waals surface area contributed by atoms with Crippen LogP contribution in [0.25, 0.3) is 0 Å². The summed E-state index contributed by atoms with van der Waals surface area (Å²) < 4.78 is 0. The quantitative estimate of drug-likeness (QED) is 0.587. The zero-order valence-corrected chi connectivity index (χ0v) is 10.1. The highest BCUT2D eigenvalue weighted by molar-refractivity contribution is 6.05. The van der Waals surface area contributed by atoms with Crippen molar-refractivity contribution >= 4 is 23.6 Å². The summed E-state index contributed by atoms with van der Waals surface area (Å²) in [5.74, 6) is -1.46. The number of imide groups is 1. The molecule has 18 heavy (non-hydrogen) atoms. The van der Waals surface area contributed by atoms with Gasteiger partial charge in [-0.2, -0.15) is 0 Å². The Morgan fingerprint density at radius 1 is 1.33 bits per heavy atom. The summed E-state index contributed by atoms with van der Waals surface area (Å²) in [6.45, 7) is 1.64. The fourth-order valence-electron chi connectivity index (χ4n) is 2.30. The van der Waals surface area contributed by atoms with E-state index in [4.69, 9.17) is 0 Å². The standard InChI is InChI=1S/C11H15N3O4/c1-2-7-10(17)13-9(16)5-14(7)11(18)6-3-4-8(15)12-6/h6-7H,2-5H2,1H3,(H,12,15)(H,13,16,17)/t6-,7?/m0/s1. The number of piperazine rings is 1. The highest BCUT2D eigenvalue weighted by Crippen LogP contribution is 2.15. The molecule has 0 aliphatic carbocycles. The van der Waals surface area contributed by atoms with E-state index in [-0.39, 0.29) is 18.4 Å². The fraction of sp³-hybridized carbons (Fsp3) is 0.636. The van der Waals surface area contributed by atoms with Crippen LogP contribution in [0.2, 0.25) is 0 Å². The van der Waals surface area contributed by atoms with Crippen molar-refractivity contribution in [1.82, 2.24) is 15.5 Å². The Hall–Kier alpha value is -1.92. The Morgan fingerprint density at radius 3 is 2.61 bits per heavy atom. The van der Waals surface area contributed by atoms with Crippen LogP contribution in [0.15, 0.2) is 0 Å². The highest BCUT2D eigenvalue weighted by Gasteiger charge is 2.39. The van der Waals surface area contributed by atoms with E-state index < -0.39 is 23.9 Å². The fourth-order valence-corrected chi connectivity index (χ4v) is 2.30. The summed E-state index contributed by atoms with van der Waals surface area (Å²) in [6.07, 6.45) is 1.16. The van der Waals surface area contributed by atoms with Crippen molar-refractivity contribution in [3.63, 3.8) is 0 Å². The van der Waals surface area contributed by atoms with Crippen molar-refractivity contribution in [2.24, 2.45) is 0 Å². The first-order chi connectivity index (χ1) is 8.52. The van der Waals surface area contributed by atoms with E-state index in [0.717, 1.165) is 0 Å². The molecule has 7 nitrogen and oxygen atoms in total. The van der Waals surface area contributed by atoms with Gasteiger partial charge in [-0.15, -0.1) is 0 Å². The minimum absolute atomic E-state index is 0.130. The van der Waals surface area contributed by atoms with Crippen molar-refractivity contribution in [1.29, 1.82) is 0 Å². The average Bonchev–Trinajstić information content (AvgIpc) is 2.74. The van der Waals surface area contributed by atoms with Gasteiger partial charge in [0.15, 0.2) is 0 Å². The van der Waals surface area contributed by atoms with Crippen LogP contribution in [0, 0.1) is 0 Å². The molecule has 0 bridgehead atoms. The van der Waals surface area contributed by atoms with Gasteiger partial charge in [0.2, 0.25) is 23.6 Å². The van der Waals surface area contributed by atoms with Crippen molar-refractivity contribution in [2.45, 2.75) is 38.3 Å². The lowest BCUT2D eigenvalue weighted by atomic mass is 10.1. The number of hydrogen-bond acceptors (Lipinski definition) is 4. The predicted octanol–water partition coefficient (Wildman–Crippen LogP) is -1.47. The summed E-state index contributed by atoms with van der Waals surface area (Å²) in [5.41, 5.74) is 0. The number of nitrogens with one attached hydrogen (secondary N) is 2. The lowest BCUT2D eigenvalue weighted by Gasteiger charge is -2.34. The van der Waals surface area contributed by atoms with E-state index in [1.807, 2.05) is 0 Å². The van der Waals surface area contributed by atoms with Crippen molar-refractivity contribution in [2.75, 3.05) is 6.54 Å². The number of rotatable bonds is 2. The molecule has 1 unspecified atom stereocenters. The third kappa shape index (κ3) is 2.20. The molecular formula is C11H15N3O4. The van der Waals surface area contributed by atoms with Crippen LogP contribution in [0.1, 0.15) is 26.2 Å². The van der Waals surface area contributed by atoms with Gasteiger partial charge < -0.3 is 10.2 Å². The first-order valence-corrected chi connectivity index (χ1v) is 5.96. The van der Waals surface area contributed by atoms with Gasteiger partial charge >= 0.3 is 0 Å². The third-order valence-electron chi connectivity index (χ3n) is 3.22. The number of carbonyl (C=O) groups is 4. The molecule has 0 saturated carbocycles. The van der Waals surface area contributed by atoms with E-state index in [1.165, 1.54) is 4.90 Å². The molecular weight excluding hydrogens is 238 g/mol. The molecule has 7 heteroatoms. The van der Waals surface area contributed by atoms with Crippen molar-refractivity contribution in [3.8, 4) is 0 Å². The molecule has 2 aliphatic heterocycles. The summed E-state index contributed by atoms with van der Waals surface area (Å²) in [6, 6.07) is -1.24. The Balaban J connectivity index is 2.13. The minimum Gasteiger partial charge on any atom is -0.344 e. The Bertz CT molecular complexity index is 421. The minimum atomic E-state index is -0.632. The molecule has 0 aromatic heterocycles. The summed E-state index contributed by atoms with van der Waals surface area (Å²) in [5, 5.41) is 4.76. The SMILES string of the molecule is CCC1C(=O)NC(=O)CN1C(=O)[C@@H]1CCC(=O)N1. The zero-order chi connectivity index (χ0) is 13.3. The normalized spacial score (nSPS) is 28.1. The second-order valence-electron chi connectivity index (χ2n) is 4.46. The molecule has 2 atom stereocenters. The van der Waals surface area contributed by atoms with E-state index in [1.54, 1.807) is 6.92 Å². The monoisotopic (exact) mass is 253 g/mol. The molecule has 0 spiro atoms. The second kappa shape index (κ2) is 4.75. The van der Waals surface area contributed by atoms with E-state index in [2.05, 4.69) is 10.6 Å². The molecule has 98 valence electrons. The molecule has 2 rings (SSSR count). The van der Waals surface area contributed by atoms with Crippen LogP contribution in [0.5, 0.6) is 0 Å². The maximum Gasteiger partial charge on any atom is 0.249 e. The highest BCUT2D eigenvalue weighted by atomic mass is 16.2. The number of carbonyl (C=O) groups excluding carboxylic acids is 4. The lowest BCUT2D eigenvalue weighted by Crippen LogP contribution is -2.62. The molecule has 4 amide bonds. The second-order valence-corrected chi connectivity index (χ2v) is 4.46. The molecule has 2 saturated heterocycles.